The Hall–Kier alpha value is -0.900. The molecule has 0 amide bonds. The SMILES string of the molecule is CC(Cc1ccccc1)OCC1OC2OCCC12. The maximum Gasteiger partial charge on any atom is 0.163 e. The number of fused-ring (bicyclic) bond motifs is 1. The normalized spacial score (nSPS) is 31.7. The van der Waals surface area contributed by atoms with Crippen LogP contribution in [0.1, 0.15) is 18.9 Å². The predicted molar refractivity (Wildman–Crippen MR) is 68.3 cm³/mol. The zero-order chi connectivity index (χ0) is 12.4. The van der Waals surface area contributed by atoms with Crippen molar-refractivity contribution in [1.29, 1.82) is 0 Å². The molecule has 0 aliphatic carbocycles. The fourth-order valence-corrected chi connectivity index (χ4v) is 2.69. The minimum absolute atomic E-state index is 0.0584. The molecular weight excluding hydrogens is 228 g/mol. The summed E-state index contributed by atoms with van der Waals surface area (Å²) in [5.74, 6) is 0.564. The number of rotatable bonds is 5. The summed E-state index contributed by atoms with van der Waals surface area (Å²) in [4.78, 5) is 0. The molecule has 2 fully saturated rings. The lowest BCUT2D eigenvalue weighted by molar-refractivity contribution is -0.276. The molecule has 0 spiro atoms. The first-order chi connectivity index (χ1) is 8.83. The van der Waals surface area contributed by atoms with Gasteiger partial charge in [0.2, 0.25) is 0 Å². The molecule has 0 aromatic heterocycles. The van der Waals surface area contributed by atoms with Crippen molar-refractivity contribution >= 4 is 0 Å². The summed E-state index contributed by atoms with van der Waals surface area (Å²) in [5, 5.41) is 0. The first-order valence-corrected chi connectivity index (χ1v) is 6.75. The Kier molecular flexibility index (Phi) is 3.64. The molecule has 3 rings (SSSR count). The summed E-state index contributed by atoms with van der Waals surface area (Å²) in [6.45, 7) is 3.65. The van der Waals surface area contributed by atoms with Crippen molar-refractivity contribution in [3.05, 3.63) is 35.9 Å². The van der Waals surface area contributed by atoms with Gasteiger partial charge in [0.1, 0.15) is 0 Å². The fourth-order valence-electron chi connectivity index (χ4n) is 2.69. The van der Waals surface area contributed by atoms with Gasteiger partial charge in [-0.2, -0.15) is 0 Å². The van der Waals surface area contributed by atoms with Crippen molar-refractivity contribution in [2.24, 2.45) is 5.92 Å². The highest BCUT2D eigenvalue weighted by atomic mass is 16.7. The topological polar surface area (TPSA) is 27.7 Å². The van der Waals surface area contributed by atoms with Crippen LogP contribution in [0.25, 0.3) is 0 Å². The second-order valence-corrected chi connectivity index (χ2v) is 5.20. The van der Waals surface area contributed by atoms with Gasteiger partial charge in [0.15, 0.2) is 6.29 Å². The van der Waals surface area contributed by atoms with Gasteiger partial charge in [0.05, 0.1) is 25.4 Å². The zero-order valence-electron chi connectivity index (χ0n) is 10.7. The highest BCUT2D eigenvalue weighted by Crippen LogP contribution is 2.37. The van der Waals surface area contributed by atoms with Crippen molar-refractivity contribution in [3.63, 3.8) is 0 Å². The van der Waals surface area contributed by atoms with Gasteiger partial charge in [0, 0.05) is 5.92 Å². The average Bonchev–Trinajstić information content (AvgIpc) is 2.72. The van der Waals surface area contributed by atoms with E-state index in [0.717, 1.165) is 19.4 Å². The Balaban J connectivity index is 1.41. The zero-order valence-corrected chi connectivity index (χ0v) is 10.7. The summed E-state index contributed by atoms with van der Waals surface area (Å²) in [5.41, 5.74) is 1.32. The van der Waals surface area contributed by atoms with Gasteiger partial charge in [-0.1, -0.05) is 30.3 Å². The smallest absolute Gasteiger partial charge is 0.163 e. The molecule has 1 aromatic carbocycles. The maximum absolute atomic E-state index is 5.88. The van der Waals surface area contributed by atoms with Gasteiger partial charge >= 0.3 is 0 Å². The second-order valence-electron chi connectivity index (χ2n) is 5.20. The third kappa shape index (κ3) is 2.58. The molecule has 4 atom stereocenters. The molecular formula is C15H20O3. The van der Waals surface area contributed by atoms with E-state index in [1.807, 2.05) is 6.07 Å². The maximum atomic E-state index is 5.88. The predicted octanol–water partition coefficient (Wildman–Crippen LogP) is 2.40. The summed E-state index contributed by atoms with van der Waals surface area (Å²) < 4.78 is 16.9. The minimum atomic E-state index is 0.0584. The van der Waals surface area contributed by atoms with E-state index in [9.17, 15) is 0 Å². The van der Waals surface area contributed by atoms with Crippen LogP contribution in [-0.4, -0.2) is 31.7 Å². The molecule has 0 saturated carbocycles. The van der Waals surface area contributed by atoms with E-state index >= 15 is 0 Å². The van der Waals surface area contributed by atoms with Gasteiger partial charge in [-0.05, 0) is 25.3 Å². The number of ether oxygens (including phenoxy) is 3. The highest BCUT2D eigenvalue weighted by molar-refractivity contribution is 5.15. The Morgan fingerprint density at radius 2 is 2.17 bits per heavy atom. The van der Waals surface area contributed by atoms with E-state index in [1.165, 1.54) is 5.56 Å². The summed E-state index contributed by atoms with van der Waals surface area (Å²) >= 11 is 0. The first kappa shape index (κ1) is 12.2. The molecule has 2 heterocycles. The summed E-state index contributed by atoms with van der Waals surface area (Å²) in [7, 11) is 0. The fraction of sp³-hybridized carbons (Fsp3) is 0.600. The van der Waals surface area contributed by atoms with Crippen LogP contribution in [0.15, 0.2) is 30.3 Å². The van der Waals surface area contributed by atoms with Crippen LogP contribution in [0.5, 0.6) is 0 Å². The van der Waals surface area contributed by atoms with E-state index in [2.05, 4.69) is 31.2 Å². The molecule has 2 saturated heterocycles. The van der Waals surface area contributed by atoms with Crippen molar-refractivity contribution in [2.45, 2.75) is 38.3 Å². The van der Waals surface area contributed by atoms with Gasteiger partial charge in [0.25, 0.3) is 0 Å². The van der Waals surface area contributed by atoms with Crippen LogP contribution in [0.3, 0.4) is 0 Å². The average molecular weight is 248 g/mol. The number of benzene rings is 1. The van der Waals surface area contributed by atoms with E-state index in [0.29, 0.717) is 12.5 Å². The van der Waals surface area contributed by atoms with E-state index in [4.69, 9.17) is 14.2 Å². The lowest BCUT2D eigenvalue weighted by Crippen LogP contribution is -2.49. The molecule has 2 aliphatic rings. The van der Waals surface area contributed by atoms with Crippen LogP contribution in [0.2, 0.25) is 0 Å². The monoisotopic (exact) mass is 248 g/mol. The first-order valence-electron chi connectivity index (χ1n) is 6.75. The molecule has 3 heteroatoms. The van der Waals surface area contributed by atoms with Crippen molar-refractivity contribution < 1.29 is 14.2 Å². The Labute approximate surface area is 108 Å². The van der Waals surface area contributed by atoms with Crippen LogP contribution in [0.4, 0.5) is 0 Å². The molecule has 98 valence electrons. The number of hydrogen-bond acceptors (Lipinski definition) is 3. The van der Waals surface area contributed by atoms with Gasteiger partial charge in [-0.15, -0.1) is 0 Å². The van der Waals surface area contributed by atoms with Crippen molar-refractivity contribution in [2.75, 3.05) is 13.2 Å². The van der Waals surface area contributed by atoms with Crippen LogP contribution >= 0.6 is 0 Å². The van der Waals surface area contributed by atoms with Crippen LogP contribution in [0, 0.1) is 5.92 Å². The lowest BCUT2D eigenvalue weighted by Gasteiger charge is -2.39. The van der Waals surface area contributed by atoms with E-state index in [1.54, 1.807) is 0 Å². The quantitative estimate of drug-likeness (QED) is 0.801. The molecule has 2 aliphatic heterocycles. The standard InChI is InChI=1S/C15H20O3/c1-11(9-12-5-3-2-4-6-12)17-10-14-13-7-8-16-15(13)18-14/h2-6,11,13-15H,7-10H2,1H3. The van der Waals surface area contributed by atoms with Gasteiger partial charge in [-0.3, -0.25) is 0 Å². The van der Waals surface area contributed by atoms with Crippen molar-refractivity contribution in [1.82, 2.24) is 0 Å². The highest BCUT2D eigenvalue weighted by Gasteiger charge is 2.46. The summed E-state index contributed by atoms with van der Waals surface area (Å²) in [6, 6.07) is 10.5. The van der Waals surface area contributed by atoms with Gasteiger partial charge < -0.3 is 14.2 Å². The van der Waals surface area contributed by atoms with Crippen LogP contribution < -0.4 is 0 Å². The molecule has 0 N–H and O–H groups in total. The molecule has 4 unspecified atom stereocenters. The molecule has 0 bridgehead atoms. The third-order valence-corrected chi connectivity index (χ3v) is 3.78. The molecule has 3 nitrogen and oxygen atoms in total. The molecule has 18 heavy (non-hydrogen) atoms. The Bertz CT molecular complexity index is 379. The van der Waals surface area contributed by atoms with Crippen LogP contribution in [-0.2, 0) is 20.6 Å². The lowest BCUT2D eigenvalue weighted by atomic mass is 9.95. The Morgan fingerprint density at radius 1 is 1.33 bits per heavy atom. The molecule has 0 radical (unpaired) electrons. The largest absolute Gasteiger partial charge is 0.375 e. The van der Waals surface area contributed by atoms with E-state index < -0.39 is 0 Å². The van der Waals surface area contributed by atoms with Crippen molar-refractivity contribution in [3.8, 4) is 0 Å². The number of hydrogen-bond donors (Lipinski definition) is 0. The molecule has 1 aromatic rings. The Morgan fingerprint density at radius 3 is 2.94 bits per heavy atom. The summed E-state index contributed by atoms with van der Waals surface area (Å²) in [6.07, 6.45) is 2.61. The third-order valence-electron chi connectivity index (χ3n) is 3.78. The van der Waals surface area contributed by atoms with E-state index in [-0.39, 0.29) is 18.5 Å². The minimum Gasteiger partial charge on any atom is -0.375 e. The van der Waals surface area contributed by atoms with Gasteiger partial charge in [-0.25, -0.2) is 0 Å². The second kappa shape index (κ2) is 5.39.